The molecule has 2 aromatic heterocycles. The Balaban J connectivity index is 1.76. The summed E-state index contributed by atoms with van der Waals surface area (Å²) >= 11 is 0. The van der Waals surface area contributed by atoms with Gasteiger partial charge in [-0.15, -0.1) is 0 Å². The minimum absolute atomic E-state index is 0.387. The molecule has 5 heteroatoms. The van der Waals surface area contributed by atoms with Gasteiger partial charge in [0.2, 0.25) is 0 Å². The quantitative estimate of drug-likeness (QED) is 0.713. The van der Waals surface area contributed by atoms with Crippen LogP contribution in [0.1, 0.15) is 17.1 Å². The number of ether oxygens (including phenoxy) is 1. The van der Waals surface area contributed by atoms with Crippen molar-refractivity contribution >= 4 is 0 Å². The summed E-state index contributed by atoms with van der Waals surface area (Å²) in [5, 5.41) is 3.97. The van der Waals surface area contributed by atoms with Crippen LogP contribution in [0.3, 0.4) is 0 Å². The van der Waals surface area contributed by atoms with Gasteiger partial charge >= 0.3 is 0 Å². The largest absolute Gasteiger partial charge is 0.453 e. The molecule has 0 saturated heterocycles. The van der Waals surface area contributed by atoms with Crippen molar-refractivity contribution in [3.05, 3.63) is 59.6 Å². The number of methoxy groups -OCH3 is 1. The van der Waals surface area contributed by atoms with Gasteiger partial charge in [0.15, 0.2) is 11.6 Å². The van der Waals surface area contributed by atoms with Gasteiger partial charge < -0.3 is 13.7 Å². The molecule has 0 saturated carbocycles. The highest BCUT2D eigenvalue weighted by Gasteiger charge is 2.13. The highest BCUT2D eigenvalue weighted by molar-refractivity contribution is 5.44. The van der Waals surface area contributed by atoms with Crippen LogP contribution in [0.5, 0.6) is 0 Å². The lowest BCUT2D eigenvalue weighted by molar-refractivity contribution is 0.164. The summed E-state index contributed by atoms with van der Waals surface area (Å²) in [6.45, 7) is 0.422. The van der Waals surface area contributed by atoms with Crippen LogP contribution in [0.2, 0.25) is 0 Å². The summed E-state index contributed by atoms with van der Waals surface area (Å²) < 4.78 is 15.8. The fraction of sp³-hybridized carbons (Fsp3) is 0.200. The first-order chi connectivity index (χ1) is 9.85. The molecule has 2 heterocycles. The van der Waals surface area contributed by atoms with Crippen LogP contribution >= 0.6 is 0 Å². The van der Waals surface area contributed by atoms with E-state index in [4.69, 9.17) is 13.7 Å². The maximum atomic E-state index is 5.55. The van der Waals surface area contributed by atoms with Gasteiger partial charge in [-0.3, -0.25) is 0 Å². The second kappa shape index (κ2) is 5.71. The van der Waals surface area contributed by atoms with Gasteiger partial charge in [0.25, 0.3) is 5.89 Å². The van der Waals surface area contributed by atoms with Gasteiger partial charge in [0, 0.05) is 13.5 Å². The molecule has 0 amide bonds. The normalized spacial score (nSPS) is 10.8. The lowest BCUT2D eigenvalue weighted by Crippen LogP contribution is -1.89. The van der Waals surface area contributed by atoms with Crippen molar-refractivity contribution in [1.29, 1.82) is 0 Å². The van der Waals surface area contributed by atoms with Crippen molar-refractivity contribution in [2.75, 3.05) is 7.11 Å². The molecule has 0 aliphatic heterocycles. The Labute approximate surface area is 116 Å². The summed E-state index contributed by atoms with van der Waals surface area (Å²) in [6.07, 6.45) is 0.635. The van der Waals surface area contributed by atoms with Crippen molar-refractivity contribution < 1.29 is 13.7 Å². The molecule has 0 atom stereocenters. The second-order valence-electron chi connectivity index (χ2n) is 4.38. The molecule has 0 unspecified atom stereocenters. The summed E-state index contributed by atoms with van der Waals surface area (Å²) in [5.41, 5.74) is 1.14. The van der Waals surface area contributed by atoms with Gasteiger partial charge in [-0.05, 0) is 17.7 Å². The van der Waals surface area contributed by atoms with Crippen LogP contribution in [0.4, 0.5) is 0 Å². The average Bonchev–Trinajstić information content (AvgIpc) is 3.10. The van der Waals surface area contributed by atoms with E-state index in [0.29, 0.717) is 30.5 Å². The third-order valence-corrected chi connectivity index (χ3v) is 2.83. The van der Waals surface area contributed by atoms with Crippen LogP contribution in [0, 0.1) is 0 Å². The Kier molecular flexibility index (Phi) is 3.60. The maximum Gasteiger partial charge on any atom is 0.293 e. The van der Waals surface area contributed by atoms with Gasteiger partial charge in [0.1, 0.15) is 12.4 Å². The highest BCUT2D eigenvalue weighted by Crippen LogP contribution is 2.21. The minimum atomic E-state index is 0.387. The monoisotopic (exact) mass is 270 g/mol. The molecule has 0 spiro atoms. The van der Waals surface area contributed by atoms with E-state index in [0.717, 1.165) is 11.3 Å². The molecule has 3 aromatic rings. The number of hydrogen-bond acceptors (Lipinski definition) is 5. The zero-order valence-corrected chi connectivity index (χ0v) is 11.1. The van der Waals surface area contributed by atoms with Crippen LogP contribution in [0.15, 0.2) is 51.4 Å². The van der Waals surface area contributed by atoms with E-state index in [-0.39, 0.29) is 0 Å². The van der Waals surface area contributed by atoms with E-state index in [2.05, 4.69) is 10.1 Å². The van der Waals surface area contributed by atoms with E-state index in [1.165, 1.54) is 0 Å². The predicted molar refractivity (Wildman–Crippen MR) is 72.0 cm³/mol. The maximum absolute atomic E-state index is 5.55. The van der Waals surface area contributed by atoms with Gasteiger partial charge in [-0.25, -0.2) is 0 Å². The Morgan fingerprint density at radius 2 is 1.95 bits per heavy atom. The van der Waals surface area contributed by atoms with Crippen LogP contribution < -0.4 is 0 Å². The molecule has 102 valence electrons. The first-order valence-corrected chi connectivity index (χ1v) is 6.29. The van der Waals surface area contributed by atoms with E-state index in [1.54, 1.807) is 13.2 Å². The minimum Gasteiger partial charge on any atom is -0.453 e. The number of furan rings is 1. The van der Waals surface area contributed by atoms with Crippen LogP contribution in [-0.2, 0) is 17.8 Å². The molecule has 0 aliphatic rings. The number of nitrogens with zero attached hydrogens (tertiary/aromatic N) is 2. The smallest absolute Gasteiger partial charge is 0.293 e. The third kappa shape index (κ3) is 2.78. The lowest BCUT2D eigenvalue weighted by Gasteiger charge is -1.94. The number of rotatable bonds is 5. The molecule has 1 aromatic carbocycles. The summed E-state index contributed by atoms with van der Waals surface area (Å²) in [7, 11) is 1.62. The molecule has 0 aliphatic carbocycles. The Morgan fingerprint density at radius 3 is 2.75 bits per heavy atom. The van der Waals surface area contributed by atoms with Crippen molar-refractivity contribution in [2.24, 2.45) is 0 Å². The first kappa shape index (κ1) is 12.6. The summed E-state index contributed by atoms with van der Waals surface area (Å²) in [6, 6.07) is 13.6. The Bertz CT molecular complexity index is 673. The number of hydrogen-bond donors (Lipinski definition) is 0. The molecule has 0 fully saturated rings. The fourth-order valence-corrected chi connectivity index (χ4v) is 1.92. The molecule has 0 bridgehead atoms. The fourth-order valence-electron chi connectivity index (χ4n) is 1.92. The predicted octanol–water partition coefficient (Wildman–Crippen LogP) is 3.07. The molecule has 20 heavy (non-hydrogen) atoms. The summed E-state index contributed by atoms with van der Waals surface area (Å²) in [5.74, 6) is 2.31. The van der Waals surface area contributed by atoms with Crippen molar-refractivity contribution in [3.63, 3.8) is 0 Å². The summed E-state index contributed by atoms with van der Waals surface area (Å²) in [4.78, 5) is 4.34. The van der Waals surface area contributed by atoms with Gasteiger partial charge in [0.05, 0.1) is 0 Å². The van der Waals surface area contributed by atoms with Gasteiger partial charge in [-0.1, -0.05) is 35.5 Å². The SMILES string of the molecule is COCc1ccc(-c2nc(Cc3ccccc3)no2)o1. The zero-order chi connectivity index (χ0) is 13.8. The van der Waals surface area contributed by atoms with E-state index < -0.39 is 0 Å². The number of benzene rings is 1. The topological polar surface area (TPSA) is 61.3 Å². The first-order valence-electron chi connectivity index (χ1n) is 6.29. The Morgan fingerprint density at radius 1 is 1.10 bits per heavy atom. The molecule has 0 radical (unpaired) electrons. The van der Waals surface area contributed by atoms with E-state index >= 15 is 0 Å². The molecule has 3 rings (SSSR count). The lowest BCUT2D eigenvalue weighted by atomic mass is 10.1. The molecule has 0 N–H and O–H groups in total. The van der Waals surface area contributed by atoms with E-state index in [9.17, 15) is 0 Å². The van der Waals surface area contributed by atoms with Crippen LogP contribution in [-0.4, -0.2) is 17.3 Å². The highest BCUT2D eigenvalue weighted by atomic mass is 16.5. The molecular formula is C15H14N2O3. The molecular weight excluding hydrogens is 256 g/mol. The van der Waals surface area contributed by atoms with Crippen molar-refractivity contribution in [3.8, 4) is 11.7 Å². The van der Waals surface area contributed by atoms with Crippen LogP contribution in [0.25, 0.3) is 11.7 Å². The molecule has 5 nitrogen and oxygen atoms in total. The third-order valence-electron chi connectivity index (χ3n) is 2.83. The zero-order valence-electron chi connectivity index (χ0n) is 11.1. The number of aromatic nitrogens is 2. The second-order valence-corrected chi connectivity index (χ2v) is 4.38. The standard InChI is InChI=1S/C15H14N2O3/c1-18-10-12-7-8-13(19-12)15-16-14(17-20-15)9-11-5-3-2-4-6-11/h2-8H,9-10H2,1H3. The van der Waals surface area contributed by atoms with Gasteiger partial charge in [-0.2, -0.15) is 4.98 Å². The van der Waals surface area contributed by atoms with E-state index in [1.807, 2.05) is 36.4 Å². The average molecular weight is 270 g/mol. The van der Waals surface area contributed by atoms with Crippen molar-refractivity contribution in [2.45, 2.75) is 13.0 Å². The Hall–Kier alpha value is -2.40. The van der Waals surface area contributed by atoms with Crippen molar-refractivity contribution in [1.82, 2.24) is 10.1 Å².